The first-order valence-electron chi connectivity index (χ1n) is 6.80. The molecular weight excluding hydrogens is 270 g/mol. The van der Waals surface area contributed by atoms with Gasteiger partial charge in [-0.2, -0.15) is 5.26 Å². The molecule has 0 spiro atoms. The second-order valence-electron chi connectivity index (χ2n) is 5.00. The Morgan fingerprint density at radius 3 is 2.62 bits per heavy atom. The van der Waals surface area contributed by atoms with Crippen molar-refractivity contribution in [2.45, 2.75) is 25.3 Å². The molecule has 110 valence electrons. The number of benzene rings is 1. The summed E-state index contributed by atoms with van der Waals surface area (Å²) in [5, 5.41) is 17.9. The van der Waals surface area contributed by atoms with E-state index in [-0.39, 0.29) is 24.1 Å². The summed E-state index contributed by atoms with van der Waals surface area (Å²) in [6.07, 6.45) is 2.15. The van der Waals surface area contributed by atoms with E-state index in [1.54, 1.807) is 30.1 Å². The Balaban J connectivity index is 2.22. The van der Waals surface area contributed by atoms with Crippen LogP contribution in [0.15, 0.2) is 24.3 Å². The first kappa shape index (κ1) is 14.9. The maximum atomic E-state index is 12.6. The summed E-state index contributed by atoms with van der Waals surface area (Å²) in [7, 11) is 1.56. The number of hydrogen-bond acceptors (Lipinski definition) is 3. The molecule has 0 atom stereocenters. The number of hydrogen-bond donors (Lipinski definition) is 1. The van der Waals surface area contributed by atoms with E-state index in [1.807, 2.05) is 6.07 Å². The number of urea groups is 1. The highest BCUT2D eigenvalue weighted by Gasteiger charge is 2.34. The lowest BCUT2D eigenvalue weighted by molar-refractivity contribution is 0.0697. The van der Waals surface area contributed by atoms with Crippen LogP contribution < -0.4 is 4.90 Å². The average molecular weight is 287 g/mol. The highest BCUT2D eigenvalue weighted by Crippen LogP contribution is 2.29. The third-order valence-corrected chi connectivity index (χ3v) is 3.48. The van der Waals surface area contributed by atoms with Crippen LogP contribution in [0, 0.1) is 11.3 Å². The summed E-state index contributed by atoms with van der Waals surface area (Å²) in [6, 6.07) is 8.35. The predicted octanol–water partition coefficient (Wildman–Crippen LogP) is 2.32. The molecule has 0 aliphatic heterocycles. The number of carboxylic acids is 1. The summed E-state index contributed by atoms with van der Waals surface area (Å²) in [5.41, 5.74) is 0.446. The third-order valence-electron chi connectivity index (χ3n) is 3.48. The largest absolute Gasteiger partial charge is 0.478 e. The monoisotopic (exact) mass is 287 g/mol. The minimum absolute atomic E-state index is 0.0874. The van der Waals surface area contributed by atoms with Crippen LogP contribution in [-0.2, 0) is 0 Å². The van der Waals surface area contributed by atoms with Gasteiger partial charge in [0.25, 0.3) is 0 Å². The van der Waals surface area contributed by atoms with E-state index in [2.05, 4.69) is 0 Å². The number of para-hydroxylation sites is 1. The van der Waals surface area contributed by atoms with Crippen molar-refractivity contribution in [1.29, 1.82) is 5.26 Å². The average Bonchev–Trinajstić information content (AvgIpc) is 3.31. The fraction of sp³-hybridized carbons (Fsp3) is 0.400. The minimum Gasteiger partial charge on any atom is -0.478 e. The molecule has 0 radical (unpaired) electrons. The molecule has 1 aromatic carbocycles. The molecule has 0 unspecified atom stereocenters. The van der Waals surface area contributed by atoms with Gasteiger partial charge in [-0.1, -0.05) is 12.1 Å². The molecule has 0 heterocycles. The first-order valence-corrected chi connectivity index (χ1v) is 6.80. The molecule has 21 heavy (non-hydrogen) atoms. The second kappa shape index (κ2) is 6.27. The standard InChI is InChI=1S/C15H17N3O3/c1-17(13-6-3-2-5-12(13)14(19)20)15(21)18(10-4-9-16)11-7-8-11/h2-3,5-6,11H,4,7-8,10H2,1H3,(H,19,20). The topological polar surface area (TPSA) is 84.6 Å². The highest BCUT2D eigenvalue weighted by molar-refractivity contribution is 6.01. The van der Waals surface area contributed by atoms with E-state index < -0.39 is 5.97 Å². The number of nitrogens with zero attached hydrogens (tertiary/aromatic N) is 3. The number of nitriles is 1. The van der Waals surface area contributed by atoms with Gasteiger partial charge in [0.05, 0.1) is 23.7 Å². The highest BCUT2D eigenvalue weighted by atomic mass is 16.4. The van der Waals surface area contributed by atoms with Gasteiger partial charge in [-0.05, 0) is 25.0 Å². The van der Waals surface area contributed by atoms with Gasteiger partial charge in [0.15, 0.2) is 0 Å². The summed E-state index contributed by atoms with van der Waals surface area (Å²) < 4.78 is 0. The summed E-state index contributed by atoms with van der Waals surface area (Å²) in [4.78, 5) is 26.8. The molecule has 2 rings (SSSR count). The van der Waals surface area contributed by atoms with Gasteiger partial charge < -0.3 is 10.0 Å². The van der Waals surface area contributed by atoms with Crippen molar-refractivity contribution in [3.05, 3.63) is 29.8 Å². The fourth-order valence-corrected chi connectivity index (χ4v) is 2.23. The van der Waals surface area contributed by atoms with E-state index in [4.69, 9.17) is 5.26 Å². The smallest absolute Gasteiger partial charge is 0.337 e. The van der Waals surface area contributed by atoms with Crippen LogP contribution in [0.5, 0.6) is 0 Å². The van der Waals surface area contributed by atoms with Crippen LogP contribution in [0.3, 0.4) is 0 Å². The lowest BCUT2D eigenvalue weighted by atomic mass is 10.1. The summed E-state index contributed by atoms with van der Waals surface area (Å²) in [6.45, 7) is 0.375. The van der Waals surface area contributed by atoms with Gasteiger partial charge in [0.2, 0.25) is 0 Å². The Morgan fingerprint density at radius 1 is 1.38 bits per heavy atom. The van der Waals surface area contributed by atoms with Crippen molar-refractivity contribution >= 4 is 17.7 Å². The zero-order valence-electron chi connectivity index (χ0n) is 11.8. The zero-order chi connectivity index (χ0) is 15.4. The summed E-state index contributed by atoms with van der Waals surface area (Å²) in [5.74, 6) is -1.07. The van der Waals surface area contributed by atoms with Crippen LogP contribution in [0.1, 0.15) is 29.6 Å². The maximum absolute atomic E-state index is 12.6. The molecule has 6 heteroatoms. The van der Waals surface area contributed by atoms with Crippen molar-refractivity contribution < 1.29 is 14.7 Å². The van der Waals surface area contributed by atoms with Crippen LogP contribution in [-0.4, -0.2) is 41.6 Å². The number of carboxylic acid groups (broad SMARTS) is 1. The molecule has 6 nitrogen and oxygen atoms in total. The predicted molar refractivity (Wildman–Crippen MR) is 77.2 cm³/mol. The van der Waals surface area contributed by atoms with E-state index in [1.165, 1.54) is 11.0 Å². The minimum atomic E-state index is -1.07. The molecular formula is C15H17N3O3. The first-order chi connectivity index (χ1) is 10.1. The second-order valence-corrected chi connectivity index (χ2v) is 5.00. The Labute approximate surface area is 123 Å². The van der Waals surface area contributed by atoms with Crippen molar-refractivity contribution in [3.8, 4) is 6.07 Å². The number of aromatic carboxylic acids is 1. The maximum Gasteiger partial charge on any atom is 0.337 e. The molecule has 0 bridgehead atoms. The van der Waals surface area contributed by atoms with Crippen LogP contribution in [0.2, 0.25) is 0 Å². The van der Waals surface area contributed by atoms with Crippen LogP contribution in [0.25, 0.3) is 0 Å². The van der Waals surface area contributed by atoms with E-state index >= 15 is 0 Å². The quantitative estimate of drug-likeness (QED) is 0.900. The molecule has 0 saturated heterocycles. The molecule has 1 aromatic rings. The van der Waals surface area contributed by atoms with Crippen LogP contribution >= 0.6 is 0 Å². The lowest BCUT2D eigenvalue weighted by Crippen LogP contribution is -2.43. The Morgan fingerprint density at radius 2 is 2.05 bits per heavy atom. The molecule has 1 N–H and O–H groups in total. The van der Waals surface area contributed by atoms with Crippen molar-refractivity contribution in [3.63, 3.8) is 0 Å². The summed E-state index contributed by atoms with van der Waals surface area (Å²) >= 11 is 0. The van der Waals surface area contributed by atoms with E-state index in [9.17, 15) is 14.7 Å². The van der Waals surface area contributed by atoms with Gasteiger partial charge in [0, 0.05) is 19.6 Å². The fourth-order valence-electron chi connectivity index (χ4n) is 2.23. The van der Waals surface area contributed by atoms with Crippen LogP contribution in [0.4, 0.5) is 10.5 Å². The van der Waals surface area contributed by atoms with Gasteiger partial charge in [-0.15, -0.1) is 0 Å². The number of rotatable bonds is 5. The Kier molecular flexibility index (Phi) is 4.43. The normalized spacial score (nSPS) is 13.3. The number of carbonyl (C=O) groups is 2. The van der Waals surface area contributed by atoms with Gasteiger partial charge >= 0.3 is 12.0 Å². The molecule has 1 aliphatic rings. The molecule has 0 aromatic heterocycles. The SMILES string of the molecule is CN(C(=O)N(CCC#N)C1CC1)c1ccccc1C(=O)O. The third kappa shape index (κ3) is 3.31. The Bertz CT molecular complexity index is 590. The molecule has 1 aliphatic carbocycles. The van der Waals surface area contributed by atoms with E-state index in [0.29, 0.717) is 12.2 Å². The van der Waals surface area contributed by atoms with Gasteiger partial charge in [0.1, 0.15) is 0 Å². The number of amides is 2. The lowest BCUT2D eigenvalue weighted by Gasteiger charge is -2.28. The van der Waals surface area contributed by atoms with Crippen molar-refractivity contribution in [2.24, 2.45) is 0 Å². The van der Waals surface area contributed by atoms with E-state index in [0.717, 1.165) is 12.8 Å². The van der Waals surface area contributed by atoms with Gasteiger partial charge in [-0.3, -0.25) is 4.90 Å². The van der Waals surface area contributed by atoms with Gasteiger partial charge in [-0.25, -0.2) is 9.59 Å². The molecule has 1 fully saturated rings. The molecule has 1 saturated carbocycles. The zero-order valence-corrected chi connectivity index (χ0v) is 11.8. The number of carbonyl (C=O) groups excluding carboxylic acids is 1. The number of anilines is 1. The van der Waals surface area contributed by atoms with Crippen molar-refractivity contribution in [2.75, 3.05) is 18.5 Å². The Hall–Kier alpha value is -2.55. The molecule has 2 amide bonds. The van der Waals surface area contributed by atoms with Crippen molar-refractivity contribution in [1.82, 2.24) is 4.90 Å².